The number of likely N-dealkylation sites (N-methyl/N-ethyl adjacent to an activating group) is 1. The number of ether oxygens (including phenoxy) is 1. The average Bonchev–Trinajstić information content (AvgIpc) is 3.08. The molecule has 1 aromatic rings. The van der Waals surface area contributed by atoms with Crippen molar-refractivity contribution in [3.63, 3.8) is 0 Å². The highest BCUT2D eigenvalue weighted by Crippen LogP contribution is 2.67. The Morgan fingerprint density at radius 2 is 2.06 bits per heavy atom. The molecule has 2 saturated carbocycles. The number of ketones is 1. The van der Waals surface area contributed by atoms with E-state index in [1.807, 2.05) is 19.1 Å². The standard InChI is InChI=1S/C30H37NO3/c1-4-12-30(33)13-11-25-23-8-5-19-16-21(32)7-9-22(19)28(23)24(18-29(25,30)2)20-6-10-26-27(17-20)34-15-14-31(26)3/h4,6,10,12,16-17,23-25,33H,5,7-9,11,13-15,18H2,1-3H3/t23-,24+,25-,29-,30-/m0/s1. The Kier molecular flexibility index (Phi) is 5.11. The van der Waals surface area contributed by atoms with Crippen molar-refractivity contribution in [2.75, 3.05) is 25.1 Å². The molecule has 5 aliphatic rings. The summed E-state index contributed by atoms with van der Waals surface area (Å²) >= 11 is 0. The van der Waals surface area contributed by atoms with Gasteiger partial charge in [0.1, 0.15) is 12.4 Å². The molecule has 2 fully saturated rings. The number of hydrogen-bond donors (Lipinski definition) is 1. The van der Waals surface area contributed by atoms with Gasteiger partial charge in [-0.1, -0.05) is 30.7 Å². The zero-order chi connectivity index (χ0) is 23.7. The minimum Gasteiger partial charge on any atom is -0.490 e. The van der Waals surface area contributed by atoms with Gasteiger partial charge in [-0.05, 0) is 92.2 Å². The second-order valence-electron chi connectivity index (χ2n) is 11.5. The van der Waals surface area contributed by atoms with Crippen molar-refractivity contribution in [3.05, 3.63) is 58.7 Å². The molecule has 180 valence electrons. The Labute approximate surface area is 203 Å². The third-order valence-corrected chi connectivity index (χ3v) is 9.87. The average molecular weight is 460 g/mol. The van der Waals surface area contributed by atoms with E-state index in [0.717, 1.165) is 56.5 Å². The van der Waals surface area contributed by atoms with Gasteiger partial charge in [0.05, 0.1) is 17.8 Å². The lowest BCUT2D eigenvalue weighted by Gasteiger charge is -2.54. The lowest BCUT2D eigenvalue weighted by molar-refractivity contribution is -0.114. The van der Waals surface area contributed by atoms with E-state index >= 15 is 0 Å². The number of allylic oxidation sites excluding steroid dienone is 5. The van der Waals surface area contributed by atoms with Gasteiger partial charge in [-0.15, -0.1) is 0 Å². The predicted octanol–water partition coefficient (Wildman–Crippen LogP) is 5.72. The Morgan fingerprint density at radius 1 is 1.21 bits per heavy atom. The Morgan fingerprint density at radius 3 is 2.88 bits per heavy atom. The van der Waals surface area contributed by atoms with E-state index in [2.05, 4.69) is 43.1 Å². The number of rotatable bonds is 2. The highest BCUT2D eigenvalue weighted by atomic mass is 16.5. The van der Waals surface area contributed by atoms with Crippen LogP contribution in [-0.2, 0) is 4.79 Å². The largest absolute Gasteiger partial charge is 0.490 e. The molecule has 0 spiro atoms. The predicted molar refractivity (Wildman–Crippen MR) is 135 cm³/mol. The summed E-state index contributed by atoms with van der Waals surface area (Å²) in [6.07, 6.45) is 12.5. The summed E-state index contributed by atoms with van der Waals surface area (Å²) in [5, 5.41) is 11.9. The van der Waals surface area contributed by atoms with Crippen LogP contribution in [0.4, 0.5) is 5.69 Å². The number of anilines is 1. The number of nitrogens with zero attached hydrogens (tertiary/aromatic N) is 1. The highest BCUT2D eigenvalue weighted by Gasteiger charge is 2.62. The smallest absolute Gasteiger partial charge is 0.156 e. The molecule has 1 N–H and O–H groups in total. The molecule has 0 aromatic heterocycles. The zero-order valence-corrected chi connectivity index (χ0v) is 20.8. The summed E-state index contributed by atoms with van der Waals surface area (Å²) < 4.78 is 6.10. The second-order valence-corrected chi connectivity index (χ2v) is 11.5. The molecule has 4 nitrogen and oxygen atoms in total. The number of hydrogen-bond acceptors (Lipinski definition) is 4. The summed E-state index contributed by atoms with van der Waals surface area (Å²) in [5.41, 5.74) is 5.84. The first-order valence-corrected chi connectivity index (χ1v) is 13.2. The minimum atomic E-state index is -0.759. The van der Waals surface area contributed by atoms with Crippen molar-refractivity contribution in [3.8, 4) is 5.75 Å². The first-order valence-electron chi connectivity index (χ1n) is 13.2. The Bertz CT molecular complexity index is 1130. The van der Waals surface area contributed by atoms with E-state index in [-0.39, 0.29) is 17.1 Å². The van der Waals surface area contributed by atoms with Gasteiger partial charge in [-0.3, -0.25) is 4.79 Å². The summed E-state index contributed by atoms with van der Waals surface area (Å²) in [4.78, 5) is 14.5. The summed E-state index contributed by atoms with van der Waals surface area (Å²) in [6, 6.07) is 6.77. The maximum absolute atomic E-state index is 12.3. The molecule has 0 unspecified atom stereocenters. The quantitative estimate of drug-likeness (QED) is 0.575. The van der Waals surface area contributed by atoms with Crippen molar-refractivity contribution >= 4 is 11.5 Å². The maximum atomic E-state index is 12.3. The highest BCUT2D eigenvalue weighted by molar-refractivity contribution is 5.93. The third-order valence-electron chi connectivity index (χ3n) is 9.87. The molecule has 34 heavy (non-hydrogen) atoms. The van der Waals surface area contributed by atoms with Crippen LogP contribution < -0.4 is 9.64 Å². The second kappa shape index (κ2) is 7.84. The molecule has 5 atom stereocenters. The van der Waals surface area contributed by atoms with E-state index in [0.29, 0.717) is 24.9 Å². The van der Waals surface area contributed by atoms with Gasteiger partial charge in [0.15, 0.2) is 5.78 Å². The topological polar surface area (TPSA) is 49.8 Å². The first kappa shape index (κ1) is 22.2. The molecule has 0 radical (unpaired) electrons. The fourth-order valence-electron chi connectivity index (χ4n) is 8.14. The van der Waals surface area contributed by atoms with E-state index in [1.165, 1.54) is 16.7 Å². The number of fused-ring (bicyclic) bond motifs is 5. The first-order chi connectivity index (χ1) is 16.3. The maximum Gasteiger partial charge on any atom is 0.156 e. The van der Waals surface area contributed by atoms with Crippen LogP contribution in [0.3, 0.4) is 0 Å². The third kappa shape index (κ3) is 3.10. The van der Waals surface area contributed by atoms with Gasteiger partial charge in [0.2, 0.25) is 0 Å². The van der Waals surface area contributed by atoms with E-state index in [1.54, 1.807) is 5.57 Å². The van der Waals surface area contributed by atoms with Crippen molar-refractivity contribution in [1.29, 1.82) is 0 Å². The van der Waals surface area contributed by atoms with Crippen molar-refractivity contribution in [1.82, 2.24) is 0 Å². The van der Waals surface area contributed by atoms with Crippen LogP contribution in [0.1, 0.15) is 70.3 Å². The van der Waals surface area contributed by atoms with Gasteiger partial charge >= 0.3 is 0 Å². The van der Waals surface area contributed by atoms with Crippen LogP contribution >= 0.6 is 0 Å². The van der Waals surface area contributed by atoms with Crippen LogP contribution in [0.15, 0.2) is 53.1 Å². The van der Waals surface area contributed by atoms with Gasteiger partial charge in [0.25, 0.3) is 0 Å². The normalized spacial score (nSPS) is 37.1. The molecule has 4 heteroatoms. The van der Waals surface area contributed by atoms with Crippen LogP contribution in [0.2, 0.25) is 0 Å². The molecule has 1 aromatic carbocycles. The number of benzene rings is 1. The molecule has 6 rings (SSSR count). The van der Waals surface area contributed by atoms with E-state index in [9.17, 15) is 9.90 Å². The molecule has 4 aliphatic carbocycles. The van der Waals surface area contributed by atoms with Crippen LogP contribution in [0, 0.1) is 17.3 Å². The van der Waals surface area contributed by atoms with E-state index < -0.39 is 5.60 Å². The number of aliphatic hydroxyl groups is 1. The van der Waals surface area contributed by atoms with Crippen molar-refractivity contribution < 1.29 is 14.6 Å². The fourth-order valence-corrected chi connectivity index (χ4v) is 8.14. The van der Waals surface area contributed by atoms with E-state index in [4.69, 9.17) is 4.74 Å². The van der Waals surface area contributed by atoms with Crippen LogP contribution in [0.25, 0.3) is 0 Å². The Hall–Kier alpha value is -2.33. The zero-order valence-electron chi connectivity index (χ0n) is 20.8. The minimum absolute atomic E-state index is 0.168. The fraction of sp³-hybridized carbons (Fsp3) is 0.567. The van der Waals surface area contributed by atoms with Crippen molar-refractivity contribution in [2.45, 2.75) is 70.3 Å². The van der Waals surface area contributed by atoms with Crippen molar-refractivity contribution in [2.24, 2.45) is 17.3 Å². The summed E-state index contributed by atoms with van der Waals surface area (Å²) in [5.74, 6) is 2.45. The molecule has 0 saturated heterocycles. The number of carbonyl (C=O) groups is 1. The monoisotopic (exact) mass is 459 g/mol. The van der Waals surface area contributed by atoms with Gasteiger partial charge in [0, 0.05) is 24.8 Å². The van der Waals surface area contributed by atoms with Gasteiger partial charge < -0.3 is 14.7 Å². The molecular weight excluding hydrogens is 422 g/mol. The lowest BCUT2D eigenvalue weighted by atomic mass is 9.51. The number of carbonyl (C=O) groups excluding carboxylic acids is 1. The molecular formula is C30H37NO3. The van der Waals surface area contributed by atoms with Crippen LogP contribution in [0.5, 0.6) is 5.75 Å². The lowest BCUT2D eigenvalue weighted by Crippen LogP contribution is -2.50. The molecule has 1 aliphatic heterocycles. The molecule has 0 bridgehead atoms. The van der Waals surface area contributed by atoms with Gasteiger partial charge in [-0.25, -0.2) is 0 Å². The SMILES string of the molecule is CC=C[C@]1(O)CC[C@H]2[C@@H]3CCC4=CC(=O)CCC4=C3[C@@H](c3ccc4c(c3)OCCN4C)C[C@@]21C. The Balaban J connectivity index is 1.52. The van der Waals surface area contributed by atoms with Gasteiger partial charge in [-0.2, -0.15) is 0 Å². The van der Waals surface area contributed by atoms with Crippen LogP contribution in [-0.4, -0.2) is 36.7 Å². The molecule has 0 amide bonds. The summed E-state index contributed by atoms with van der Waals surface area (Å²) in [7, 11) is 2.13. The summed E-state index contributed by atoms with van der Waals surface area (Å²) in [6.45, 7) is 5.99. The molecule has 1 heterocycles.